The molecule has 3 heterocycles. The van der Waals surface area contributed by atoms with Gasteiger partial charge in [-0.25, -0.2) is 9.78 Å². The highest BCUT2D eigenvalue weighted by Crippen LogP contribution is 2.22. The summed E-state index contributed by atoms with van der Waals surface area (Å²) in [5.41, 5.74) is 2.01. The molecule has 0 unspecified atom stereocenters. The summed E-state index contributed by atoms with van der Waals surface area (Å²) in [6.07, 6.45) is 1.26. The zero-order valence-electron chi connectivity index (χ0n) is 16.7. The van der Waals surface area contributed by atoms with Gasteiger partial charge in [0.25, 0.3) is 5.56 Å². The Morgan fingerprint density at radius 3 is 2.54 bits per heavy atom. The maximum Gasteiger partial charge on any atom is 0.342 e. The van der Waals surface area contributed by atoms with Crippen molar-refractivity contribution in [1.29, 1.82) is 0 Å². The minimum Gasteiger partial charge on any atom is -0.462 e. The van der Waals surface area contributed by atoms with Gasteiger partial charge in [-0.15, -0.1) is 0 Å². The predicted octanol–water partition coefficient (Wildman–Crippen LogP) is 2.80. The number of furan rings is 1. The van der Waals surface area contributed by atoms with Gasteiger partial charge in [-0.1, -0.05) is 0 Å². The number of nitrogens with zero attached hydrogens (tertiary/aromatic N) is 3. The van der Waals surface area contributed by atoms with Crippen molar-refractivity contribution in [2.24, 2.45) is 0 Å². The van der Waals surface area contributed by atoms with Crippen LogP contribution in [0.3, 0.4) is 0 Å². The second-order valence-electron chi connectivity index (χ2n) is 6.56. The Morgan fingerprint density at radius 2 is 1.93 bits per heavy atom. The molecule has 0 aromatic carbocycles. The number of carbonyl (C=O) groups is 2. The molecule has 0 spiro atoms. The van der Waals surface area contributed by atoms with E-state index in [0.717, 1.165) is 17.9 Å². The molecule has 0 saturated carbocycles. The average molecular weight is 385 g/mol. The molecule has 148 valence electrons. The number of hydrogen-bond donors (Lipinski definition) is 0. The minimum atomic E-state index is -0.645. The number of ketones is 1. The first-order chi connectivity index (χ1) is 13.3. The lowest BCUT2D eigenvalue weighted by Gasteiger charge is -2.07. The smallest absolute Gasteiger partial charge is 0.342 e. The Labute approximate surface area is 161 Å². The predicted molar refractivity (Wildman–Crippen MR) is 103 cm³/mol. The Bertz CT molecular complexity index is 1130. The van der Waals surface area contributed by atoms with Crippen LogP contribution in [0.15, 0.2) is 21.6 Å². The zero-order chi connectivity index (χ0) is 20.6. The van der Waals surface area contributed by atoms with Gasteiger partial charge in [0.2, 0.25) is 5.71 Å². The summed E-state index contributed by atoms with van der Waals surface area (Å²) in [5.74, 6) is -0.587. The van der Waals surface area contributed by atoms with Gasteiger partial charge in [0.15, 0.2) is 5.78 Å². The summed E-state index contributed by atoms with van der Waals surface area (Å²) in [6.45, 7) is 9.83. The Hall–Kier alpha value is -3.16. The first kappa shape index (κ1) is 19.6. The molecule has 0 fully saturated rings. The number of esters is 1. The van der Waals surface area contributed by atoms with Crippen LogP contribution in [0.1, 0.15) is 51.7 Å². The van der Waals surface area contributed by atoms with Crippen molar-refractivity contribution in [3.63, 3.8) is 0 Å². The molecular formula is C20H23N3O5. The van der Waals surface area contributed by atoms with Crippen LogP contribution in [0.25, 0.3) is 11.1 Å². The zero-order valence-corrected chi connectivity index (χ0v) is 16.7. The lowest BCUT2D eigenvalue weighted by Crippen LogP contribution is -2.25. The van der Waals surface area contributed by atoms with Crippen LogP contribution in [0.2, 0.25) is 0 Å². The first-order valence-corrected chi connectivity index (χ1v) is 9.15. The number of Topliss-reactive ketones (excluding diaryl/α,β-unsaturated/α-hetero) is 1. The average Bonchev–Trinajstić information content (AvgIpc) is 3.13. The van der Waals surface area contributed by atoms with Gasteiger partial charge < -0.3 is 13.7 Å². The molecule has 8 nitrogen and oxygen atoms in total. The standard InChI is InChI=1S/C20H23N3O5/c1-6-23-11(3)8-14(12(23)4)15(24)9-22-10-21-18-17(19(22)25)16(13(5)28-18)20(26)27-7-2/h8,10H,6-7,9H2,1-5H3. The molecule has 0 aliphatic rings. The number of aryl methyl sites for hydroxylation is 2. The van der Waals surface area contributed by atoms with Gasteiger partial charge in [-0.05, 0) is 40.7 Å². The molecule has 3 aromatic heterocycles. The lowest BCUT2D eigenvalue weighted by atomic mass is 10.1. The Morgan fingerprint density at radius 1 is 1.21 bits per heavy atom. The summed E-state index contributed by atoms with van der Waals surface area (Å²) in [5, 5.41) is 0.0327. The number of carbonyl (C=O) groups excluding carboxylic acids is 2. The van der Waals surface area contributed by atoms with Crippen molar-refractivity contribution >= 4 is 22.9 Å². The number of hydrogen-bond acceptors (Lipinski definition) is 6. The van der Waals surface area contributed by atoms with E-state index in [9.17, 15) is 14.4 Å². The molecule has 0 radical (unpaired) electrons. The van der Waals surface area contributed by atoms with Crippen molar-refractivity contribution in [2.45, 2.75) is 47.7 Å². The Balaban J connectivity index is 2.04. The molecule has 3 aromatic rings. The summed E-state index contributed by atoms with van der Waals surface area (Å²) in [6, 6.07) is 1.82. The number of fused-ring (bicyclic) bond motifs is 1. The van der Waals surface area contributed by atoms with Crippen LogP contribution >= 0.6 is 0 Å². The van der Waals surface area contributed by atoms with Crippen LogP contribution in [0, 0.1) is 20.8 Å². The third-order valence-electron chi connectivity index (χ3n) is 4.84. The van der Waals surface area contributed by atoms with Gasteiger partial charge in [-0.3, -0.25) is 14.2 Å². The van der Waals surface area contributed by atoms with Gasteiger partial charge in [0.05, 0.1) is 13.2 Å². The van der Waals surface area contributed by atoms with Crippen LogP contribution in [0.4, 0.5) is 0 Å². The van der Waals surface area contributed by atoms with Crippen LogP contribution in [-0.4, -0.2) is 32.5 Å². The Kier molecular flexibility index (Phi) is 5.22. The number of aromatic nitrogens is 3. The van der Waals surface area contributed by atoms with Gasteiger partial charge in [-0.2, -0.15) is 0 Å². The molecule has 0 aliphatic heterocycles. The van der Waals surface area contributed by atoms with Crippen LogP contribution in [0.5, 0.6) is 0 Å². The van der Waals surface area contributed by atoms with Crippen LogP contribution < -0.4 is 5.56 Å². The van der Waals surface area contributed by atoms with E-state index in [0.29, 0.717) is 5.56 Å². The normalized spacial score (nSPS) is 11.2. The summed E-state index contributed by atoms with van der Waals surface area (Å²) in [4.78, 5) is 42.1. The highest BCUT2D eigenvalue weighted by Gasteiger charge is 2.24. The maximum atomic E-state index is 12.9. The number of rotatable bonds is 6. The molecule has 3 rings (SSSR count). The minimum absolute atomic E-state index is 0.0327. The lowest BCUT2D eigenvalue weighted by molar-refractivity contribution is 0.0526. The van der Waals surface area contributed by atoms with Crippen LogP contribution in [-0.2, 0) is 17.8 Å². The highest BCUT2D eigenvalue weighted by molar-refractivity contribution is 6.03. The molecule has 0 atom stereocenters. The van der Waals surface area contributed by atoms with E-state index in [4.69, 9.17) is 9.15 Å². The van der Waals surface area contributed by atoms with E-state index in [1.807, 2.05) is 31.4 Å². The fraction of sp³-hybridized carbons (Fsp3) is 0.400. The summed E-state index contributed by atoms with van der Waals surface area (Å²) < 4.78 is 13.7. The molecule has 0 bridgehead atoms. The molecular weight excluding hydrogens is 362 g/mol. The summed E-state index contributed by atoms with van der Waals surface area (Å²) in [7, 11) is 0. The SMILES string of the molecule is CCOC(=O)c1c(C)oc2ncn(CC(=O)c3cc(C)n(CC)c3C)c(=O)c12. The summed E-state index contributed by atoms with van der Waals surface area (Å²) >= 11 is 0. The second kappa shape index (κ2) is 7.46. The van der Waals surface area contributed by atoms with Crippen molar-refractivity contribution in [1.82, 2.24) is 14.1 Å². The molecule has 28 heavy (non-hydrogen) atoms. The van der Waals surface area contributed by atoms with E-state index in [-0.39, 0.29) is 41.4 Å². The number of ether oxygens (including phenoxy) is 1. The molecule has 8 heteroatoms. The van der Waals surface area contributed by atoms with E-state index >= 15 is 0 Å². The third-order valence-corrected chi connectivity index (χ3v) is 4.84. The highest BCUT2D eigenvalue weighted by atomic mass is 16.5. The van der Waals surface area contributed by atoms with Gasteiger partial charge in [0, 0.05) is 23.5 Å². The second-order valence-corrected chi connectivity index (χ2v) is 6.56. The first-order valence-electron chi connectivity index (χ1n) is 9.15. The van der Waals surface area contributed by atoms with Crippen molar-refractivity contribution in [3.8, 4) is 0 Å². The van der Waals surface area contributed by atoms with Gasteiger partial charge >= 0.3 is 5.97 Å². The fourth-order valence-electron chi connectivity index (χ4n) is 3.51. The van der Waals surface area contributed by atoms with Crippen molar-refractivity contribution in [2.75, 3.05) is 6.61 Å². The van der Waals surface area contributed by atoms with E-state index < -0.39 is 11.5 Å². The van der Waals surface area contributed by atoms with Crippen molar-refractivity contribution < 1.29 is 18.7 Å². The van der Waals surface area contributed by atoms with Crippen molar-refractivity contribution in [3.05, 3.63) is 51.0 Å². The fourth-order valence-corrected chi connectivity index (χ4v) is 3.51. The molecule has 0 amide bonds. The van der Waals surface area contributed by atoms with E-state index in [1.54, 1.807) is 13.8 Å². The van der Waals surface area contributed by atoms with E-state index in [1.165, 1.54) is 10.9 Å². The molecule has 0 N–H and O–H groups in total. The quantitative estimate of drug-likeness (QED) is 0.478. The topological polar surface area (TPSA) is 96.3 Å². The van der Waals surface area contributed by atoms with E-state index in [2.05, 4.69) is 4.98 Å². The third kappa shape index (κ3) is 3.15. The van der Waals surface area contributed by atoms with Gasteiger partial charge in [0.1, 0.15) is 23.0 Å². The maximum absolute atomic E-state index is 12.9. The molecule has 0 saturated heterocycles. The molecule has 0 aliphatic carbocycles. The largest absolute Gasteiger partial charge is 0.462 e. The monoisotopic (exact) mass is 385 g/mol.